The molecule has 16 heavy (non-hydrogen) atoms. The lowest BCUT2D eigenvalue weighted by Crippen LogP contribution is -2.38. The van der Waals surface area contributed by atoms with Crippen LogP contribution in [-0.2, 0) is 14.3 Å². The van der Waals surface area contributed by atoms with E-state index in [0.717, 1.165) is 0 Å². The molecule has 1 unspecified atom stereocenters. The van der Waals surface area contributed by atoms with Crippen molar-refractivity contribution in [2.45, 2.75) is 25.6 Å². The summed E-state index contributed by atoms with van der Waals surface area (Å²) in [6.07, 6.45) is -4.18. The summed E-state index contributed by atoms with van der Waals surface area (Å²) in [5.41, 5.74) is 0. The summed E-state index contributed by atoms with van der Waals surface area (Å²) in [6, 6.07) is -0.622. The quantitative estimate of drug-likeness (QED) is 0.537. The summed E-state index contributed by atoms with van der Waals surface area (Å²) >= 11 is 0. The lowest BCUT2D eigenvalue weighted by molar-refractivity contribution is -0.174. The van der Waals surface area contributed by atoms with Crippen molar-refractivity contribution in [2.75, 3.05) is 26.9 Å². The van der Waals surface area contributed by atoms with Crippen LogP contribution in [0.2, 0.25) is 0 Å². The van der Waals surface area contributed by atoms with Crippen LogP contribution in [0.25, 0.3) is 0 Å². The molecule has 0 aromatic carbocycles. The van der Waals surface area contributed by atoms with Gasteiger partial charge in [-0.2, -0.15) is 13.2 Å². The number of likely N-dealkylation sites (N-methyl/N-ethyl adjacent to an activating group) is 1. The smallest absolute Gasteiger partial charge is 0.411 e. The average Bonchev–Trinajstić information content (AvgIpc) is 2.20. The first-order valence-corrected chi connectivity index (χ1v) is 4.86. The van der Waals surface area contributed by atoms with Gasteiger partial charge in [0.25, 0.3) is 0 Å². The molecular weight excluding hydrogens is 227 g/mol. The Hall–Kier alpha value is -0.820. The molecule has 0 aliphatic carbocycles. The van der Waals surface area contributed by atoms with Gasteiger partial charge in [-0.05, 0) is 13.0 Å². The maximum absolute atomic E-state index is 11.7. The Morgan fingerprint density at radius 2 is 2.06 bits per heavy atom. The van der Waals surface area contributed by atoms with Gasteiger partial charge in [-0.3, -0.25) is 4.79 Å². The molecule has 4 nitrogen and oxygen atoms in total. The topological polar surface area (TPSA) is 47.6 Å². The Labute approximate surface area is 92.1 Å². The number of hydrogen-bond donors (Lipinski definition) is 1. The third-order valence-electron chi connectivity index (χ3n) is 1.75. The minimum Gasteiger partial charge on any atom is -0.468 e. The third kappa shape index (κ3) is 7.47. The van der Waals surface area contributed by atoms with Gasteiger partial charge in [0.1, 0.15) is 12.6 Å². The molecule has 0 bridgehead atoms. The number of hydrogen-bond acceptors (Lipinski definition) is 4. The van der Waals surface area contributed by atoms with Gasteiger partial charge in [0, 0.05) is 6.61 Å². The van der Waals surface area contributed by atoms with Crippen LogP contribution in [0.15, 0.2) is 0 Å². The average molecular weight is 243 g/mol. The number of alkyl halides is 3. The summed E-state index contributed by atoms with van der Waals surface area (Å²) in [5.74, 6) is -0.502. The second kappa shape index (κ2) is 7.45. The number of methoxy groups -OCH3 is 1. The van der Waals surface area contributed by atoms with Gasteiger partial charge in [0.2, 0.25) is 0 Å². The molecule has 0 aromatic heterocycles. The van der Waals surface area contributed by atoms with Crippen LogP contribution in [-0.4, -0.2) is 45.1 Å². The predicted molar refractivity (Wildman–Crippen MR) is 51.0 cm³/mol. The van der Waals surface area contributed by atoms with E-state index in [1.54, 1.807) is 6.92 Å². The van der Waals surface area contributed by atoms with Gasteiger partial charge in [0.05, 0.1) is 7.11 Å². The van der Waals surface area contributed by atoms with E-state index < -0.39 is 24.8 Å². The summed E-state index contributed by atoms with van der Waals surface area (Å²) in [6.45, 7) is 0.866. The van der Waals surface area contributed by atoms with Gasteiger partial charge < -0.3 is 14.8 Å². The zero-order valence-corrected chi connectivity index (χ0v) is 9.26. The summed E-state index contributed by atoms with van der Waals surface area (Å²) in [4.78, 5) is 11.1. The number of carbonyl (C=O) groups excluding carboxylic acids is 1. The van der Waals surface area contributed by atoms with Gasteiger partial charge in [-0.1, -0.05) is 6.92 Å². The van der Waals surface area contributed by atoms with Gasteiger partial charge in [-0.25, -0.2) is 0 Å². The highest BCUT2D eigenvalue weighted by Crippen LogP contribution is 2.14. The van der Waals surface area contributed by atoms with Crippen molar-refractivity contribution < 1.29 is 27.4 Å². The second-order valence-electron chi connectivity index (χ2n) is 3.09. The first-order chi connectivity index (χ1) is 7.40. The zero-order valence-electron chi connectivity index (χ0n) is 9.26. The molecule has 0 amide bonds. The fraction of sp³-hybridized carbons (Fsp3) is 0.889. The van der Waals surface area contributed by atoms with E-state index in [-0.39, 0.29) is 13.0 Å². The summed E-state index contributed by atoms with van der Waals surface area (Å²) < 4.78 is 44.0. The maximum atomic E-state index is 11.7. The van der Waals surface area contributed by atoms with E-state index in [1.807, 2.05) is 0 Å². The van der Waals surface area contributed by atoms with E-state index in [9.17, 15) is 18.0 Å². The van der Waals surface area contributed by atoms with E-state index in [4.69, 9.17) is 0 Å². The molecule has 0 saturated carbocycles. The molecule has 0 radical (unpaired) electrons. The van der Waals surface area contributed by atoms with E-state index >= 15 is 0 Å². The molecule has 0 aromatic rings. The van der Waals surface area contributed by atoms with Crippen molar-refractivity contribution in [3.05, 3.63) is 0 Å². The summed E-state index contributed by atoms with van der Waals surface area (Å²) in [7, 11) is 1.23. The molecule has 0 aliphatic heterocycles. The zero-order chi connectivity index (χ0) is 12.6. The number of esters is 1. The van der Waals surface area contributed by atoms with Crippen LogP contribution < -0.4 is 5.32 Å². The third-order valence-corrected chi connectivity index (χ3v) is 1.75. The summed E-state index contributed by atoms with van der Waals surface area (Å²) in [5, 5.41) is 2.80. The highest BCUT2D eigenvalue weighted by Gasteiger charge is 2.27. The fourth-order valence-corrected chi connectivity index (χ4v) is 1.08. The molecule has 0 fully saturated rings. The molecular formula is C9H16F3NO3. The molecule has 0 spiro atoms. The van der Waals surface area contributed by atoms with Gasteiger partial charge in [-0.15, -0.1) is 0 Å². The molecule has 0 aliphatic rings. The Morgan fingerprint density at radius 3 is 2.50 bits per heavy atom. The lowest BCUT2D eigenvalue weighted by Gasteiger charge is -2.15. The van der Waals surface area contributed by atoms with Crippen LogP contribution in [0, 0.1) is 0 Å². The minimum absolute atomic E-state index is 0.147. The van der Waals surface area contributed by atoms with E-state index in [1.165, 1.54) is 7.11 Å². The van der Waals surface area contributed by atoms with E-state index in [2.05, 4.69) is 14.8 Å². The van der Waals surface area contributed by atoms with Crippen LogP contribution in [0.1, 0.15) is 13.3 Å². The van der Waals surface area contributed by atoms with Crippen molar-refractivity contribution in [1.29, 1.82) is 0 Å². The number of ether oxygens (including phenoxy) is 2. The molecule has 96 valence electrons. The van der Waals surface area contributed by atoms with Crippen molar-refractivity contribution in [3.8, 4) is 0 Å². The Bertz CT molecular complexity index is 209. The van der Waals surface area contributed by atoms with E-state index in [0.29, 0.717) is 6.54 Å². The van der Waals surface area contributed by atoms with Crippen molar-refractivity contribution >= 4 is 5.97 Å². The number of carbonyl (C=O) groups is 1. The molecule has 0 rings (SSSR count). The number of rotatable bonds is 7. The maximum Gasteiger partial charge on any atom is 0.411 e. The first-order valence-electron chi connectivity index (χ1n) is 4.86. The molecule has 0 saturated heterocycles. The minimum atomic E-state index is -4.33. The molecule has 1 atom stereocenters. The van der Waals surface area contributed by atoms with Gasteiger partial charge >= 0.3 is 12.1 Å². The Kier molecular flexibility index (Phi) is 7.07. The fourth-order valence-electron chi connectivity index (χ4n) is 1.08. The van der Waals surface area contributed by atoms with Gasteiger partial charge in [0.15, 0.2) is 0 Å². The van der Waals surface area contributed by atoms with Crippen molar-refractivity contribution in [1.82, 2.24) is 5.32 Å². The second-order valence-corrected chi connectivity index (χ2v) is 3.09. The SMILES string of the molecule is CCNC(CCOCC(F)(F)F)C(=O)OC. The lowest BCUT2D eigenvalue weighted by atomic mass is 10.2. The van der Waals surface area contributed by atoms with Crippen LogP contribution in [0.5, 0.6) is 0 Å². The normalized spacial score (nSPS) is 13.6. The first kappa shape index (κ1) is 15.2. The Balaban J connectivity index is 3.81. The highest BCUT2D eigenvalue weighted by molar-refractivity contribution is 5.75. The highest BCUT2D eigenvalue weighted by atomic mass is 19.4. The van der Waals surface area contributed by atoms with Crippen LogP contribution in [0.3, 0.4) is 0 Å². The monoisotopic (exact) mass is 243 g/mol. The van der Waals surface area contributed by atoms with Crippen LogP contribution in [0.4, 0.5) is 13.2 Å². The number of halogens is 3. The standard InChI is InChI=1S/C9H16F3NO3/c1-3-13-7(8(14)15-2)4-5-16-6-9(10,11)12/h7,13H,3-6H2,1-2H3. The van der Waals surface area contributed by atoms with Crippen molar-refractivity contribution in [3.63, 3.8) is 0 Å². The largest absolute Gasteiger partial charge is 0.468 e. The molecule has 1 N–H and O–H groups in total. The molecule has 7 heteroatoms. The van der Waals surface area contributed by atoms with Crippen molar-refractivity contribution in [2.24, 2.45) is 0 Å². The van der Waals surface area contributed by atoms with Crippen LogP contribution >= 0.6 is 0 Å². The number of nitrogens with one attached hydrogen (secondary N) is 1. The predicted octanol–water partition coefficient (Wildman–Crippen LogP) is 1.11. The Morgan fingerprint density at radius 1 is 1.44 bits per heavy atom. The molecule has 0 heterocycles.